The van der Waals surface area contributed by atoms with E-state index in [1.54, 1.807) is 6.92 Å². The minimum atomic E-state index is -0.501. The summed E-state index contributed by atoms with van der Waals surface area (Å²) in [6, 6.07) is 5.29. The largest absolute Gasteiger partial charge is 0.345 e. The molecule has 2 aromatic rings. The molecule has 1 unspecified atom stereocenters. The van der Waals surface area contributed by atoms with Crippen molar-refractivity contribution < 1.29 is 9.59 Å². The lowest BCUT2D eigenvalue weighted by Crippen LogP contribution is -2.48. The molecule has 3 rings (SSSR count). The highest BCUT2D eigenvalue weighted by Gasteiger charge is 2.24. The Kier molecular flexibility index (Phi) is 5.35. The van der Waals surface area contributed by atoms with Crippen LogP contribution in [0.15, 0.2) is 18.2 Å². The standard InChI is InChI=1S/C21H29N3O2/c1-5-24-16(4)14(2)18-13-17(9-10-19(18)24)20(25)22-15(3)21(26)23-11-7-6-8-12-23/h9-10,13,15H,5-8,11-12H2,1-4H3,(H,22,25). The zero-order valence-electron chi connectivity index (χ0n) is 16.3. The van der Waals surface area contributed by atoms with Gasteiger partial charge in [-0.2, -0.15) is 0 Å². The zero-order valence-corrected chi connectivity index (χ0v) is 16.3. The lowest BCUT2D eigenvalue weighted by Gasteiger charge is -2.29. The summed E-state index contributed by atoms with van der Waals surface area (Å²) in [5.41, 5.74) is 4.19. The molecule has 140 valence electrons. The van der Waals surface area contributed by atoms with Crippen LogP contribution in [0.25, 0.3) is 10.9 Å². The molecule has 1 N–H and O–H groups in total. The number of carbonyl (C=O) groups is 2. The number of benzene rings is 1. The average Bonchev–Trinajstić information content (AvgIpc) is 2.91. The van der Waals surface area contributed by atoms with Crippen LogP contribution in [0.4, 0.5) is 0 Å². The molecule has 0 saturated carbocycles. The Morgan fingerprint density at radius 2 is 1.85 bits per heavy atom. The Hall–Kier alpha value is -2.30. The van der Waals surface area contributed by atoms with Crippen LogP contribution in [-0.4, -0.2) is 40.4 Å². The normalized spacial score (nSPS) is 15.9. The van der Waals surface area contributed by atoms with Crippen molar-refractivity contribution in [3.8, 4) is 0 Å². The highest BCUT2D eigenvalue weighted by Crippen LogP contribution is 2.26. The summed E-state index contributed by atoms with van der Waals surface area (Å²) in [6.07, 6.45) is 3.28. The van der Waals surface area contributed by atoms with Gasteiger partial charge in [-0.15, -0.1) is 0 Å². The second kappa shape index (κ2) is 7.52. The van der Waals surface area contributed by atoms with Crippen LogP contribution in [0, 0.1) is 13.8 Å². The Bertz CT molecular complexity index is 831. The van der Waals surface area contributed by atoms with Gasteiger partial charge in [0.1, 0.15) is 6.04 Å². The van der Waals surface area contributed by atoms with Gasteiger partial charge in [-0.25, -0.2) is 0 Å². The van der Waals surface area contributed by atoms with Gasteiger partial charge in [-0.3, -0.25) is 9.59 Å². The van der Waals surface area contributed by atoms with E-state index in [4.69, 9.17) is 0 Å². The SMILES string of the molecule is CCn1c(C)c(C)c2cc(C(=O)NC(C)C(=O)N3CCCCC3)ccc21. The van der Waals surface area contributed by atoms with Crippen LogP contribution in [-0.2, 0) is 11.3 Å². The molecule has 0 aliphatic carbocycles. The van der Waals surface area contributed by atoms with Crippen LogP contribution in [0.1, 0.15) is 54.7 Å². The molecule has 1 aromatic carbocycles. The maximum absolute atomic E-state index is 12.7. The number of hydrogen-bond donors (Lipinski definition) is 1. The quantitative estimate of drug-likeness (QED) is 0.914. The van der Waals surface area contributed by atoms with E-state index in [0.717, 1.165) is 43.4 Å². The molecule has 1 aliphatic rings. The van der Waals surface area contributed by atoms with Crippen LogP contribution in [0.5, 0.6) is 0 Å². The van der Waals surface area contributed by atoms with Gasteiger partial charge in [0.2, 0.25) is 5.91 Å². The predicted molar refractivity (Wildman–Crippen MR) is 104 cm³/mol. The number of likely N-dealkylation sites (tertiary alicyclic amines) is 1. The summed E-state index contributed by atoms with van der Waals surface area (Å²) < 4.78 is 2.26. The first-order chi connectivity index (χ1) is 12.4. The van der Waals surface area contributed by atoms with E-state index in [0.29, 0.717) is 5.56 Å². The topological polar surface area (TPSA) is 54.3 Å². The van der Waals surface area contributed by atoms with Gasteiger partial charge in [0, 0.05) is 41.8 Å². The fraction of sp³-hybridized carbons (Fsp3) is 0.524. The van der Waals surface area contributed by atoms with Gasteiger partial charge in [0.25, 0.3) is 5.91 Å². The lowest BCUT2D eigenvalue weighted by atomic mass is 10.1. The van der Waals surface area contributed by atoms with Gasteiger partial charge >= 0.3 is 0 Å². The number of hydrogen-bond acceptors (Lipinski definition) is 2. The molecule has 26 heavy (non-hydrogen) atoms. The van der Waals surface area contributed by atoms with Gasteiger partial charge in [0.15, 0.2) is 0 Å². The van der Waals surface area contributed by atoms with Crippen LogP contribution in [0.2, 0.25) is 0 Å². The number of rotatable bonds is 4. The number of carbonyl (C=O) groups excluding carboxylic acids is 2. The Labute approximate surface area is 155 Å². The summed E-state index contributed by atoms with van der Waals surface area (Å²) in [5, 5.41) is 3.98. The van der Waals surface area contributed by atoms with E-state index in [9.17, 15) is 9.59 Å². The molecule has 1 aromatic heterocycles. The first-order valence-corrected chi connectivity index (χ1v) is 9.63. The van der Waals surface area contributed by atoms with E-state index in [2.05, 4.69) is 30.7 Å². The number of nitrogens with one attached hydrogen (secondary N) is 1. The molecule has 0 radical (unpaired) electrons. The first-order valence-electron chi connectivity index (χ1n) is 9.63. The summed E-state index contributed by atoms with van der Waals surface area (Å²) >= 11 is 0. The maximum Gasteiger partial charge on any atom is 0.251 e. The Morgan fingerprint density at radius 1 is 1.15 bits per heavy atom. The van der Waals surface area contributed by atoms with Crippen LogP contribution in [0.3, 0.4) is 0 Å². The van der Waals surface area contributed by atoms with E-state index in [-0.39, 0.29) is 11.8 Å². The molecule has 2 heterocycles. The van der Waals surface area contributed by atoms with Gasteiger partial charge in [-0.1, -0.05) is 0 Å². The zero-order chi connectivity index (χ0) is 18.8. The average molecular weight is 355 g/mol. The minimum Gasteiger partial charge on any atom is -0.345 e. The Balaban J connectivity index is 1.77. The summed E-state index contributed by atoms with van der Waals surface area (Å²) in [6.45, 7) is 10.6. The smallest absolute Gasteiger partial charge is 0.251 e. The minimum absolute atomic E-state index is 0.0169. The van der Waals surface area contributed by atoms with Crippen LogP contribution < -0.4 is 5.32 Å². The van der Waals surface area contributed by atoms with Crippen molar-refractivity contribution in [3.63, 3.8) is 0 Å². The first kappa shape index (κ1) is 18.5. The van der Waals surface area contributed by atoms with Gasteiger partial charge in [0.05, 0.1) is 0 Å². The maximum atomic E-state index is 12.7. The number of fused-ring (bicyclic) bond motifs is 1. The number of piperidine rings is 1. The third kappa shape index (κ3) is 3.35. The predicted octanol–water partition coefficient (Wildman–Crippen LogP) is 3.41. The summed E-state index contributed by atoms with van der Waals surface area (Å²) in [7, 11) is 0. The molecule has 2 amide bonds. The third-order valence-corrected chi connectivity index (χ3v) is 5.60. The van der Waals surface area contributed by atoms with Crippen molar-refractivity contribution in [1.82, 2.24) is 14.8 Å². The molecule has 1 atom stereocenters. The molecular formula is C21H29N3O2. The van der Waals surface area contributed by atoms with E-state index in [1.807, 2.05) is 23.1 Å². The fourth-order valence-corrected chi connectivity index (χ4v) is 3.93. The van der Waals surface area contributed by atoms with E-state index >= 15 is 0 Å². The van der Waals surface area contributed by atoms with E-state index < -0.39 is 6.04 Å². The molecule has 1 saturated heterocycles. The van der Waals surface area contributed by atoms with Crippen molar-refractivity contribution in [2.75, 3.05) is 13.1 Å². The van der Waals surface area contributed by atoms with Crippen molar-refractivity contribution >= 4 is 22.7 Å². The van der Waals surface area contributed by atoms with Gasteiger partial charge < -0.3 is 14.8 Å². The molecule has 0 bridgehead atoms. The second-order valence-electron chi connectivity index (χ2n) is 7.27. The van der Waals surface area contributed by atoms with Crippen molar-refractivity contribution in [1.29, 1.82) is 0 Å². The third-order valence-electron chi connectivity index (χ3n) is 5.60. The summed E-state index contributed by atoms with van der Waals surface area (Å²) in [5.74, 6) is -0.172. The molecular weight excluding hydrogens is 326 g/mol. The second-order valence-corrected chi connectivity index (χ2v) is 7.27. The highest BCUT2D eigenvalue weighted by molar-refractivity contribution is 6.01. The number of aromatic nitrogens is 1. The number of amides is 2. The van der Waals surface area contributed by atoms with E-state index in [1.165, 1.54) is 17.7 Å². The van der Waals surface area contributed by atoms with Crippen molar-refractivity contribution in [3.05, 3.63) is 35.0 Å². The number of nitrogens with zero attached hydrogens (tertiary/aromatic N) is 2. The molecule has 1 fully saturated rings. The van der Waals surface area contributed by atoms with Gasteiger partial charge in [-0.05, 0) is 70.7 Å². The monoisotopic (exact) mass is 355 g/mol. The Morgan fingerprint density at radius 3 is 2.50 bits per heavy atom. The molecule has 0 spiro atoms. The van der Waals surface area contributed by atoms with Crippen molar-refractivity contribution in [2.45, 2.75) is 59.5 Å². The van der Waals surface area contributed by atoms with Crippen LogP contribution >= 0.6 is 0 Å². The lowest BCUT2D eigenvalue weighted by molar-refractivity contribution is -0.133. The molecule has 5 heteroatoms. The molecule has 5 nitrogen and oxygen atoms in total. The summed E-state index contributed by atoms with van der Waals surface area (Å²) in [4.78, 5) is 27.1. The number of aryl methyl sites for hydroxylation is 2. The highest BCUT2D eigenvalue weighted by atomic mass is 16.2. The molecule has 1 aliphatic heterocycles. The fourth-order valence-electron chi connectivity index (χ4n) is 3.93. The van der Waals surface area contributed by atoms with Crippen molar-refractivity contribution in [2.24, 2.45) is 0 Å².